The third kappa shape index (κ3) is 3.07. The van der Waals surface area contributed by atoms with Gasteiger partial charge >= 0.3 is 5.97 Å². The minimum absolute atomic E-state index is 0.124. The van der Waals surface area contributed by atoms with Crippen molar-refractivity contribution in [3.63, 3.8) is 0 Å². The highest BCUT2D eigenvalue weighted by atomic mass is 127. The van der Waals surface area contributed by atoms with E-state index >= 15 is 0 Å². The maximum Gasteiger partial charge on any atom is 0.307 e. The van der Waals surface area contributed by atoms with Crippen LogP contribution in [0, 0.1) is 3.70 Å². The Hall–Kier alpha value is -0.310. The van der Waals surface area contributed by atoms with Crippen molar-refractivity contribution in [3.8, 4) is 0 Å². The predicted octanol–water partition coefficient (Wildman–Crippen LogP) is 3.01. The fourth-order valence-electron chi connectivity index (χ4n) is 0.979. The molecule has 0 aliphatic rings. The highest BCUT2D eigenvalue weighted by Gasteiger charge is 2.19. The zero-order valence-electron chi connectivity index (χ0n) is 7.18. The molecular weight excluding hydrogens is 387 g/mol. The summed E-state index contributed by atoms with van der Waals surface area (Å²) in [5, 5.41) is 8.61. The number of hydrogen-bond donors (Lipinski definition) is 1. The number of halogens is 4. The standard InChI is InChI=1S/C8H5BrF2INO2/c9-6-3(1-5(14)15)8(12)13-2-4(6)7(10)11/h2,7H,1H2,(H,14,15). The van der Waals surface area contributed by atoms with Crippen molar-refractivity contribution < 1.29 is 18.7 Å². The lowest BCUT2D eigenvalue weighted by Gasteiger charge is -2.08. The summed E-state index contributed by atoms with van der Waals surface area (Å²) in [6.45, 7) is 0. The normalized spacial score (nSPS) is 10.7. The molecular formula is C8H5BrF2INO2. The van der Waals surface area contributed by atoms with E-state index in [9.17, 15) is 13.6 Å². The lowest BCUT2D eigenvalue weighted by atomic mass is 10.1. The molecule has 0 aliphatic heterocycles. The number of aliphatic carboxylic acids is 1. The van der Waals surface area contributed by atoms with Gasteiger partial charge in [-0.2, -0.15) is 0 Å². The van der Waals surface area contributed by atoms with Crippen LogP contribution in [0.25, 0.3) is 0 Å². The molecule has 82 valence electrons. The van der Waals surface area contributed by atoms with Crippen LogP contribution < -0.4 is 0 Å². The van der Waals surface area contributed by atoms with E-state index in [4.69, 9.17) is 5.11 Å². The molecule has 1 heterocycles. The summed E-state index contributed by atoms with van der Waals surface area (Å²) in [6, 6.07) is 0. The molecule has 15 heavy (non-hydrogen) atoms. The van der Waals surface area contributed by atoms with Gasteiger partial charge in [0.05, 0.1) is 12.0 Å². The van der Waals surface area contributed by atoms with Gasteiger partial charge in [0.2, 0.25) is 0 Å². The molecule has 0 bridgehead atoms. The first-order valence-corrected chi connectivity index (χ1v) is 5.63. The number of aromatic nitrogens is 1. The van der Waals surface area contributed by atoms with Crippen LogP contribution in [0.1, 0.15) is 17.6 Å². The zero-order chi connectivity index (χ0) is 11.6. The topological polar surface area (TPSA) is 50.2 Å². The number of pyridine rings is 1. The first-order valence-electron chi connectivity index (χ1n) is 3.76. The van der Waals surface area contributed by atoms with Gasteiger partial charge in [-0.25, -0.2) is 13.8 Å². The smallest absolute Gasteiger partial charge is 0.307 e. The van der Waals surface area contributed by atoms with Gasteiger partial charge < -0.3 is 5.11 Å². The predicted molar refractivity (Wildman–Crippen MR) is 61.0 cm³/mol. The van der Waals surface area contributed by atoms with Crippen molar-refractivity contribution in [1.82, 2.24) is 4.98 Å². The molecule has 0 atom stereocenters. The van der Waals surface area contributed by atoms with E-state index in [2.05, 4.69) is 20.9 Å². The second kappa shape index (κ2) is 5.15. The maximum absolute atomic E-state index is 12.5. The van der Waals surface area contributed by atoms with E-state index in [1.807, 2.05) is 22.6 Å². The van der Waals surface area contributed by atoms with E-state index in [1.165, 1.54) is 0 Å². The largest absolute Gasteiger partial charge is 0.481 e. The molecule has 0 aliphatic carbocycles. The molecule has 0 radical (unpaired) electrons. The number of carboxylic acid groups (broad SMARTS) is 1. The highest BCUT2D eigenvalue weighted by molar-refractivity contribution is 14.1. The van der Waals surface area contributed by atoms with Crippen LogP contribution in [-0.2, 0) is 11.2 Å². The fraction of sp³-hybridized carbons (Fsp3) is 0.250. The van der Waals surface area contributed by atoms with Crippen molar-refractivity contribution in [3.05, 3.63) is 25.5 Å². The molecule has 0 saturated heterocycles. The molecule has 0 spiro atoms. The zero-order valence-corrected chi connectivity index (χ0v) is 10.9. The number of nitrogens with zero attached hydrogens (tertiary/aromatic N) is 1. The third-order valence-electron chi connectivity index (χ3n) is 1.65. The van der Waals surface area contributed by atoms with E-state index < -0.39 is 12.4 Å². The Bertz CT molecular complexity index is 400. The molecule has 1 N–H and O–H groups in total. The highest BCUT2D eigenvalue weighted by Crippen LogP contribution is 2.31. The van der Waals surface area contributed by atoms with E-state index in [1.54, 1.807) is 0 Å². The monoisotopic (exact) mass is 391 g/mol. The summed E-state index contributed by atoms with van der Waals surface area (Å²) < 4.78 is 25.4. The van der Waals surface area contributed by atoms with Gasteiger partial charge in [-0.3, -0.25) is 4.79 Å². The quantitative estimate of drug-likeness (QED) is 0.636. The van der Waals surface area contributed by atoms with Crippen LogP contribution in [0.2, 0.25) is 0 Å². The number of alkyl halides is 2. The number of carbonyl (C=O) groups is 1. The van der Waals surface area contributed by atoms with E-state index in [0.717, 1.165) is 6.20 Å². The molecule has 0 unspecified atom stereocenters. The molecule has 0 aromatic carbocycles. The Labute approximate surface area is 106 Å². The molecule has 7 heteroatoms. The van der Waals surface area contributed by atoms with Gasteiger partial charge in [-0.05, 0) is 38.5 Å². The van der Waals surface area contributed by atoms with Gasteiger partial charge in [0.25, 0.3) is 6.43 Å². The average molecular weight is 392 g/mol. The third-order valence-corrected chi connectivity index (χ3v) is 3.51. The number of carboxylic acids is 1. The van der Waals surface area contributed by atoms with Crippen molar-refractivity contribution in [2.45, 2.75) is 12.8 Å². The Morgan fingerprint density at radius 3 is 2.73 bits per heavy atom. The first-order chi connectivity index (χ1) is 6.93. The first kappa shape index (κ1) is 12.8. The summed E-state index contributed by atoms with van der Waals surface area (Å²) in [6.07, 6.45) is -1.95. The fourth-order valence-corrected chi connectivity index (χ4v) is 2.55. The molecule has 3 nitrogen and oxygen atoms in total. The number of hydrogen-bond acceptors (Lipinski definition) is 2. The Balaban J connectivity index is 3.23. The maximum atomic E-state index is 12.5. The van der Waals surface area contributed by atoms with Crippen LogP contribution in [-0.4, -0.2) is 16.1 Å². The number of rotatable bonds is 3. The molecule has 0 saturated carbocycles. The second-order valence-corrected chi connectivity index (χ2v) is 4.48. The minimum atomic E-state index is -2.67. The van der Waals surface area contributed by atoms with Crippen LogP contribution in [0.5, 0.6) is 0 Å². The molecule has 0 amide bonds. The van der Waals surface area contributed by atoms with Gasteiger partial charge in [0.15, 0.2) is 0 Å². The van der Waals surface area contributed by atoms with Crippen LogP contribution >= 0.6 is 38.5 Å². The molecule has 1 rings (SSSR count). The van der Waals surface area contributed by atoms with Gasteiger partial charge in [0.1, 0.15) is 3.70 Å². The van der Waals surface area contributed by atoms with Crippen molar-refractivity contribution in [2.24, 2.45) is 0 Å². The van der Waals surface area contributed by atoms with Crippen LogP contribution in [0.3, 0.4) is 0 Å². The van der Waals surface area contributed by atoms with Gasteiger partial charge in [-0.1, -0.05) is 0 Å². The molecule has 1 aromatic heterocycles. The summed E-state index contributed by atoms with van der Waals surface area (Å²) in [5.74, 6) is -1.08. The van der Waals surface area contributed by atoms with E-state index in [0.29, 0.717) is 3.70 Å². The van der Waals surface area contributed by atoms with Gasteiger partial charge in [-0.15, -0.1) is 0 Å². The second-order valence-electron chi connectivity index (χ2n) is 2.67. The summed E-state index contributed by atoms with van der Waals surface area (Å²) in [5.41, 5.74) is -0.00688. The Morgan fingerprint density at radius 1 is 1.67 bits per heavy atom. The SMILES string of the molecule is O=C(O)Cc1c(I)ncc(C(F)F)c1Br. The lowest BCUT2D eigenvalue weighted by molar-refractivity contribution is -0.136. The van der Waals surface area contributed by atoms with Crippen molar-refractivity contribution >= 4 is 44.5 Å². The summed E-state index contributed by atoms with van der Waals surface area (Å²) in [7, 11) is 0. The Kier molecular flexibility index (Phi) is 4.38. The van der Waals surface area contributed by atoms with Crippen LogP contribution in [0.4, 0.5) is 8.78 Å². The van der Waals surface area contributed by atoms with Crippen LogP contribution in [0.15, 0.2) is 10.7 Å². The minimum Gasteiger partial charge on any atom is -0.481 e. The Morgan fingerprint density at radius 2 is 2.27 bits per heavy atom. The molecule has 0 fully saturated rings. The summed E-state index contributed by atoms with van der Waals surface area (Å²) in [4.78, 5) is 14.2. The van der Waals surface area contributed by atoms with Crippen molar-refractivity contribution in [2.75, 3.05) is 0 Å². The van der Waals surface area contributed by atoms with E-state index in [-0.39, 0.29) is 22.0 Å². The molecule has 1 aromatic rings. The van der Waals surface area contributed by atoms with Crippen molar-refractivity contribution in [1.29, 1.82) is 0 Å². The van der Waals surface area contributed by atoms with Gasteiger partial charge in [0, 0.05) is 16.2 Å². The lowest BCUT2D eigenvalue weighted by Crippen LogP contribution is -2.06. The summed E-state index contributed by atoms with van der Waals surface area (Å²) >= 11 is 4.78. The average Bonchev–Trinajstić information content (AvgIpc) is 2.11.